The lowest BCUT2D eigenvalue weighted by molar-refractivity contribution is -0.151. The van der Waals surface area contributed by atoms with E-state index in [0.29, 0.717) is 23.3 Å². The average molecular weight is 411 g/mol. The molecule has 0 saturated carbocycles. The molecule has 6 heteroatoms. The van der Waals surface area contributed by atoms with Crippen LogP contribution in [0.25, 0.3) is 0 Å². The van der Waals surface area contributed by atoms with E-state index in [1.165, 1.54) is 7.11 Å². The lowest BCUT2D eigenvalue weighted by Gasteiger charge is -2.38. The van der Waals surface area contributed by atoms with Crippen molar-refractivity contribution < 1.29 is 23.9 Å². The van der Waals surface area contributed by atoms with Gasteiger partial charge in [-0.25, -0.2) is 4.79 Å². The SMILES string of the molecule is COC(=O)[C@H]1C(=O)C2=C(C[C@@H]1C)NC(C)=C(C(=O)OC(C)C)[C@@H]2c1ccc(C)cc1. The fourth-order valence-electron chi connectivity index (χ4n) is 4.32. The molecule has 1 aliphatic carbocycles. The van der Waals surface area contributed by atoms with E-state index < -0.39 is 23.8 Å². The topological polar surface area (TPSA) is 81.7 Å². The molecule has 3 rings (SSSR count). The number of rotatable bonds is 4. The van der Waals surface area contributed by atoms with Gasteiger partial charge in [0.05, 0.1) is 18.8 Å². The van der Waals surface area contributed by atoms with E-state index in [4.69, 9.17) is 9.47 Å². The zero-order chi connectivity index (χ0) is 22.2. The smallest absolute Gasteiger partial charge is 0.337 e. The molecule has 1 N–H and O–H groups in total. The van der Waals surface area contributed by atoms with Gasteiger partial charge < -0.3 is 14.8 Å². The molecule has 1 heterocycles. The Morgan fingerprint density at radius 1 is 1.13 bits per heavy atom. The number of Topliss-reactive ketones (excluding diaryl/α,β-unsaturated/α-hetero) is 1. The van der Waals surface area contributed by atoms with Gasteiger partial charge in [-0.1, -0.05) is 36.8 Å². The van der Waals surface area contributed by atoms with Crippen molar-refractivity contribution in [3.05, 3.63) is 57.9 Å². The molecule has 0 radical (unpaired) electrons. The number of benzene rings is 1. The van der Waals surface area contributed by atoms with Crippen LogP contribution in [-0.2, 0) is 23.9 Å². The van der Waals surface area contributed by atoms with Gasteiger partial charge >= 0.3 is 11.9 Å². The molecule has 1 aliphatic heterocycles. The van der Waals surface area contributed by atoms with E-state index in [1.807, 2.05) is 45.0 Å². The second kappa shape index (κ2) is 8.46. The lowest BCUT2D eigenvalue weighted by Crippen LogP contribution is -2.43. The van der Waals surface area contributed by atoms with Gasteiger partial charge in [0.25, 0.3) is 0 Å². The van der Waals surface area contributed by atoms with Gasteiger partial charge in [-0.2, -0.15) is 0 Å². The fourth-order valence-corrected chi connectivity index (χ4v) is 4.32. The number of ketones is 1. The molecule has 3 atom stereocenters. The quantitative estimate of drug-likeness (QED) is 0.603. The first-order chi connectivity index (χ1) is 14.1. The molecule has 0 unspecified atom stereocenters. The zero-order valence-corrected chi connectivity index (χ0v) is 18.4. The number of hydrogen-bond acceptors (Lipinski definition) is 6. The normalized spacial score (nSPS) is 23.8. The van der Waals surface area contributed by atoms with E-state index in [0.717, 1.165) is 16.8 Å². The number of carbonyl (C=O) groups is 3. The van der Waals surface area contributed by atoms with Crippen LogP contribution in [0.2, 0.25) is 0 Å². The third-order valence-electron chi connectivity index (χ3n) is 5.72. The molecule has 0 amide bonds. The number of hydrogen-bond donors (Lipinski definition) is 1. The van der Waals surface area contributed by atoms with Gasteiger partial charge in [0.1, 0.15) is 5.92 Å². The van der Waals surface area contributed by atoms with E-state index in [1.54, 1.807) is 13.8 Å². The van der Waals surface area contributed by atoms with Gasteiger partial charge in [0, 0.05) is 22.9 Å². The van der Waals surface area contributed by atoms with Crippen LogP contribution in [0.15, 0.2) is 46.8 Å². The Labute approximate surface area is 177 Å². The van der Waals surface area contributed by atoms with Crippen LogP contribution in [0.5, 0.6) is 0 Å². The van der Waals surface area contributed by atoms with Crippen LogP contribution < -0.4 is 5.32 Å². The summed E-state index contributed by atoms with van der Waals surface area (Å²) >= 11 is 0. The molecule has 0 bridgehead atoms. The third kappa shape index (κ3) is 3.91. The molecule has 6 nitrogen and oxygen atoms in total. The molecule has 1 aromatic carbocycles. The van der Waals surface area contributed by atoms with Crippen molar-refractivity contribution in [1.82, 2.24) is 5.32 Å². The number of carbonyl (C=O) groups excluding carboxylic acids is 3. The van der Waals surface area contributed by atoms with Gasteiger partial charge in [-0.15, -0.1) is 0 Å². The summed E-state index contributed by atoms with van der Waals surface area (Å²) in [7, 11) is 1.29. The predicted molar refractivity (Wildman–Crippen MR) is 112 cm³/mol. The van der Waals surface area contributed by atoms with Crippen molar-refractivity contribution >= 4 is 17.7 Å². The minimum Gasteiger partial charge on any atom is -0.468 e. The van der Waals surface area contributed by atoms with E-state index in [9.17, 15) is 14.4 Å². The standard InChI is InChI=1S/C24H29NO5/c1-12(2)30-24(28)19-15(5)25-17-11-14(4)18(23(27)29-6)22(26)21(17)20(19)16-9-7-13(3)8-10-16/h7-10,12,14,18,20,25H,11H2,1-6H3/t14-,18+,20-/m0/s1. The first-order valence-electron chi connectivity index (χ1n) is 10.3. The summed E-state index contributed by atoms with van der Waals surface area (Å²) in [6.45, 7) is 9.25. The summed E-state index contributed by atoms with van der Waals surface area (Å²) in [6, 6.07) is 7.74. The van der Waals surface area contributed by atoms with Gasteiger partial charge in [0.2, 0.25) is 0 Å². The van der Waals surface area contributed by atoms with Gasteiger partial charge in [-0.3, -0.25) is 9.59 Å². The fraction of sp³-hybridized carbons (Fsp3) is 0.458. The molecule has 0 saturated heterocycles. The Kier molecular flexibility index (Phi) is 6.15. The highest BCUT2D eigenvalue weighted by Crippen LogP contribution is 2.45. The maximum absolute atomic E-state index is 13.5. The highest BCUT2D eigenvalue weighted by atomic mass is 16.5. The van der Waals surface area contributed by atoms with Crippen LogP contribution in [0.4, 0.5) is 0 Å². The first-order valence-corrected chi connectivity index (χ1v) is 10.3. The highest BCUT2D eigenvalue weighted by molar-refractivity contribution is 6.12. The molecular formula is C24H29NO5. The highest BCUT2D eigenvalue weighted by Gasteiger charge is 2.47. The molecule has 0 spiro atoms. The van der Waals surface area contributed by atoms with Crippen LogP contribution in [0.1, 0.15) is 51.2 Å². The predicted octanol–water partition coefficient (Wildman–Crippen LogP) is 3.56. The van der Waals surface area contributed by atoms with Gasteiger partial charge in [-0.05, 0) is 45.6 Å². The number of esters is 2. The summed E-state index contributed by atoms with van der Waals surface area (Å²) in [6.07, 6.45) is 0.226. The van der Waals surface area contributed by atoms with E-state index >= 15 is 0 Å². The second-order valence-corrected chi connectivity index (χ2v) is 8.40. The van der Waals surface area contributed by atoms with Gasteiger partial charge in [0.15, 0.2) is 5.78 Å². The van der Waals surface area contributed by atoms with Crippen molar-refractivity contribution in [2.24, 2.45) is 11.8 Å². The Bertz CT molecular complexity index is 939. The molecule has 30 heavy (non-hydrogen) atoms. The van der Waals surface area contributed by atoms with Crippen LogP contribution in [-0.4, -0.2) is 30.9 Å². The molecule has 0 aromatic heterocycles. The summed E-state index contributed by atoms with van der Waals surface area (Å²) in [5.41, 5.74) is 4.17. The summed E-state index contributed by atoms with van der Waals surface area (Å²) in [4.78, 5) is 39.0. The molecule has 1 aromatic rings. The van der Waals surface area contributed by atoms with Crippen LogP contribution in [0.3, 0.4) is 0 Å². The van der Waals surface area contributed by atoms with Crippen molar-refractivity contribution in [3.8, 4) is 0 Å². The minimum atomic E-state index is -0.885. The number of aryl methyl sites for hydroxylation is 1. The van der Waals surface area contributed by atoms with Crippen molar-refractivity contribution in [1.29, 1.82) is 0 Å². The van der Waals surface area contributed by atoms with Crippen LogP contribution in [0, 0.1) is 18.8 Å². The van der Waals surface area contributed by atoms with E-state index in [-0.39, 0.29) is 17.8 Å². The number of ether oxygens (including phenoxy) is 2. The van der Waals surface area contributed by atoms with Crippen molar-refractivity contribution in [2.45, 2.75) is 53.1 Å². The Balaban J connectivity index is 2.17. The maximum atomic E-state index is 13.5. The number of allylic oxidation sites excluding steroid dienone is 3. The summed E-state index contributed by atoms with van der Waals surface area (Å²) in [5.74, 6) is -2.99. The Morgan fingerprint density at radius 2 is 1.77 bits per heavy atom. The third-order valence-corrected chi connectivity index (χ3v) is 5.72. The maximum Gasteiger partial charge on any atom is 0.337 e. The van der Waals surface area contributed by atoms with Crippen molar-refractivity contribution in [3.63, 3.8) is 0 Å². The van der Waals surface area contributed by atoms with Crippen molar-refractivity contribution in [2.75, 3.05) is 7.11 Å². The zero-order valence-electron chi connectivity index (χ0n) is 18.4. The molecule has 2 aliphatic rings. The first kappa shape index (κ1) is 21.8. The minimum absolute atomic E-state index is 0.202. The van der Waals surface area contributed by atoms with Crippen LogP contribution >= 0.6 is 0 Å². The molecular weight excluding hydrogens is 382 g/mol. The number of nitrogens with one attached hydrogen (secondary N) is 1. The number of dihydropyridines is 1. The Hall–Kier alpha value is -2.89. The summed E-state index contributed by atoms with van der Waals surface area (Å²) in [5, 5.41) is 3.26. The molecule has 160 valence electrons. The largest absolute Gasteiger partial charge is 0.468 e. The number of methoxy groups -OCH3 is 1. The van der Waals surface area contributed by atoms with E-state index in [2.05, 4.69) is 5.32 Å². The Morgan fingerprint density at radius 3 is 2.33 bits per heavy atom. The second-order valence-electron chi connectivity index (χ2n) is 8.40. The molecule has 0 fully saturated rings. The monoisotopic (exact) mass is 411 g/mol. The summed E-state index contributed by atoms with van der Waals surface area (Å²) < 4.78 is 10.4. The average Bonchev–Trinajstić information content (AvgIpc) is 2.66. The lowest BCUT2D eigenvalue weighted by atomic mass is 9.69.